The molecule has 106 valence electrons. The van der Waals surface area contributed by atoms with Crippen molar-refractivity contribution >= 4 is 0 Å². The molecule has 0 spiro atoms. The monoisotopic (exact) mass is 259 g/mol. The van der Waals surface area contributed by atoms with E-state index in [1.165, 1.54) is 23.1 Å². The molecule has 0 bridgehead atoms. The second-order valence-corrected chi connectivity index (χ2v) is 8.33. The minimum Gasteiger partial charge on any atom is -0.321 e. The first-order valence-electron chi connectivity index (χ1n) is 7.40. The number of nitrogens with two attached hydrogens (primary N) is 1. The lowest BCUT2D eigenvalue weighted by molar-refractivity contribution is 0.0468. The van der Waals surface area contributed by atoms with E-state index < -0.39 is 0 Å². The summed E-state index contributed by atoms with van der Waals surface area (Å²) in [5.41, 5.74) is 11.3. The van der Waals surface area contributed by atoms with Crippen molar-refractivity contribution in [3.8, 4) is 0 Å². The Kier molecular flexibility index (Phi) is 3.33. The summed E-state index contributed by atoms with van der Waals surface area (Å²) in [5, 5.41) is 0. The predicted molar refractivity (Wildman–Crippen MR) is 83.2 cm³/mol. The topological polar surface area (TPSA) is 26.0 Å². The maximum Gasteiger partial charge on any atom is 0.0422 e. The van der Waals surface area contributed by atoms with Crippen molar-refractivity contribution in [2.45, 2.75) is 66.3 Å². The summed E-state index contributed by atoms with van der Waals surface area (Å²) in [6, 6.07) is 6.71. The molecule has 0 saturated heterocycles. The minimum absolute atomic E-state index is 0.178. The van der Waals surface area contributed by atoms with Gasteiger partial charge in [0.2, 0.25) is 0 Å². The van der Waals surface area contributed by atoms with Gasteiger partial charge in [-0.1, -0.05) is 51.5 Å². The summed E-state index contributed by atoms with van der Waals surface area (Å²) >= 11 is 0. The number of rotatable bonds is 1. The lowest BCUT2D eigenvalue weighted by Gasteiger charge is -2.51. The highest BCUT2D eigenvalue weighted by Crippen LogP contribution is 2.53. The first-order chi connectivity index (χ1) is 8.53. The Morgan fingerprint density at radius 1 is 0.895 bits per heavy atom. The summed E-state index contributed by atoms with van der Waals surface area (Å²) in [5.74, 6) is 0. The fourth-order valence-corrected chi connectivity index (χ4v) is 4.75. The molecule has 2 N–H and O–H groups in total. The van der Waals surface area contributed by atoms with E-state index in [0.29, 0.717) is 10.8 Å². The molecule has 2 rings (SSSR count). The van der Waals surface area contributed by atoms with Crippen LogP contribution in [0.1, 0.15) is 63.6 Å². The number of benzene rings is 1. The average molecular weight is 259 g/mol. The van der Waals surface area contributed by atoms with Gasteiger partial charge in [-0.15, -0.1) is 0 Å². The number of aryl methyl sites for hydroxylation is 2. The molecule has 0 aromatic heterocycles. The van der Waals surface area contributed by atoms with Gasteiger partial charge in [-0.25, -0.2) is 0 Å². The van der Waals surface area contributed by atoms with Gasteiger partial charge >= 0.3 is 0 Å². The maximum atomic E-state index is 6.88. The standard InChI is InChI=1S/C18H29N/c1-13-7-8-15(14(2)9-13)18(19)11-16(3,4)10-17(5,6)12-18/h7-9H,10-12,19H2,1-6H3. The Morgan fingerprint density at radius 2 is 1.42 bits per heavy atom. The summed E-state index contributed by atoms with van der Waals surface area (Å²) in [4.78, 5) is 0. The van der Waals surface area contributed by atoms with Crippen LogP contribution in [0.15, 0.2) is 18.2 Å². The zero-order chi connectivity index (χ0) is 14.5. The molecule has 0 atom stereocenters. The highest BCUT2D eigenvalue weighted by atomic mass is 14.8. The van der Waals surface area contributed by atoms with Crippen LogP contribution in [0, 0.1) is 24.7 Å². The van der Waals surface area contributed by atoms with Gasteiger partial charge in [-0.05, 0) is 55.1 Å². The molecule has 0 aliphatic heterocycles. The third kappa shape index (κ3) is 3.02. The van der Waals surface area contributed by atoms with Crippen LogP contribution >= 0.6 is 0 Å². The SMILES string of the molecule is Cc1ccc(C2(N)CC(C)(C)CC(C)(C)C2)c(C)c1. The fraction of sp³-hybridized carbons (Fsp3) is 0.667. The normalized spacial score (nSPS) is 24.2. The van der Waals surface area contributed by atoms with Crippen LogP contribution in [-0.4, -0.2) is 0 Å². The molecule has 0 amide bonds. The van der Waals surface area contributed by atoms with Crippen LogP contribution in [0.2, 0.25) is 0 Å². The second-order valence-electron chi connectivity index (χ2n) is 8.33. The molecule has 1 aromatic carbocycles. The minimum atomic E-state index is -0.178. The van der Waals surface area contributed by atoms with Crippen molar-refractivity contribution in [1.29, 1.82) is 0 Å². The summed E-state index contributed by atoms with van der Waals surface area (Å²) < 4.78 is 0. The first-order valence-corrected chi connectivity index (χ1v) is 7.40. The number of hydrogen-bond donors (Lipinski definition) is 1. The van der Waals surface area contributed by atoms with Crippen molar-refractivity contribution in [3.63, 3.8) is 0 Å². The van der Waals surface area contributed by atoms with Crippen molar-refractivity contribution in [2.75, 3.05) is 0 Å². The van der Waals surface area contributed by atoms with Crippen molar-refractivity contribution in [2.24, 2.45) is 16.6 Å². The smallest absolute Gasteiger partial charge is 0.0422 e. The van der Waals surface area contributed by atoms with E-state index in [-0.39, 0.29) is 5.54 Å². The predicted octanol–water partition coefficient (Wildman–Crippen LogP) is 4.69. The highest BCUT2D eigenvalue weighted by molar-refractivity contribution is 5.36. The molecule has 0 unspecified atom stereocenters. The van der Waals surface area contributed by atoms with Gasteiger partial charge in [0.1, 0.15) is 0 Å². The van der Waals surface area contributed by atoms with Crippen LogP contribution in [0.25, 0.3) is 0 Å². The van der Waals surface area contributed by atoms with Gasteiger partial charge in [0.05, 0.1) is 0 Å². The summed E-state index contributed by atoms with van der Waals surface area (Å²) in [6.45, 7) is 13.8. The van der Waals surface area contributed by atoms with Gasteiger partial charge in [0.15, 0.2) is 0 Å². The Balaban J connectivity index is 2.46. The van der Waals surface area contributed by atoms with E-state index in [0.717, 1.165) is 12.8 Å². The first kappa shape index (κ1) is 14.6. The van der Waals surface area contributed by atoms with E-state index in [2.05, 4.69) is 59.7 Å². The fourth-order valence-electron chi connectivity index (χ4n) is 4.75. The van der Waals surface area contributed by atoms with Crippen LogP contribution in [0.4, 0.5) is 0 Å². The van der Waals surface area contributed by atoms with Gasteiger partial charge in [-0.2, -0.15) is 0 Å². The highest BCUT2D eigenvalue weighted by Gasteiger charge is 2.46. The van der Waals surface area contributed by atoms with E-state index in [1.807, 2.05) is 0 Å². The Hall–Kier alpha value is -0.820. The van der Waals surface area contributed by atoms with Crippen molar-refractivity contribution in [3.05, 3.63) is 34.9 Å². The second kappa shape index (κ2) is 4.34. The summed E-state index contributed by atoms with van der Waals surface area (Å²) in [6.07, 6.45) is 3.41. The molecule has 0 heterocycles. The van der Waals surface area contributed by atoms with E-state index in [9.17, 15) is 0 Å². The number of hydrogen-bond acceptors (Lipinski definition) is 1. The largest absolute Gasteiger partial charge is 0.321 e. The molecule has 19 heavy (non-hydrogen) atoms. The van der Waals surface area contributed by atoms with Crippen LogP contribution in [0.5, 0.6) is 0 Å². The van der Waals surface area contributed by atoms with Gasteiger partial charge in [0.25, 0.3) is 0 Å². The average Bonchev–Trinajstić information content (AvgIpc) is 2.09. The molecule has 1 aromatic rings. The van der Waals surface area contributed by atoms with E-state index >= 15 is 0 Å². The molecule has 1 aliphatic rings. The molecule has 1 fully saturated rings. The van der Waals surface area contributed by atoms with Crippen molar-refractivity contribution < 1.29 is 0 Å². The Morgan fingerprint density at radius 3 is 1.89 bits per heavy atom. The van der Waals surface area contributed by atoms with E-state index in [4.69, 9.17) is 5.73 Å². The molecular formula is C18H29N. The lowest BCUT2D eigenvalue weighted by atomic mass is 9.57. The van der Waals surface area contributed by atoms with Crippen LogP contribution in [0.3, 0.4) is 0 Å². The third-order valence-electron chi connectivity index (χ3n) is 4.46. The van der Waals surface area contributed by atoms with E-state index in [1.54, 1.807) is 0 Å². The molecule has 1 nitrogen and oxygen atoms in total. The Bertz CT molecular complexity index is 466. The third-order valence-corrected chi connectivity index (χ3v) is 4.46. The zero-order valence-corrected chi connectivity index (χ0v) is 13.4. The van der Waals surface area contributed by atoms with Gasteiger partial charge < -0.3 is 5.73 Å². The van der Waals surface area contributed by atoms with Crippen molar-refractivity contribution in [1.82, 2.24) is 0 Å². The molecule has 0 radical (unpaired) electrons. The molecule has 1 aliphatic carbocycles. The molecule has 1 saturated carbocycles. The maximum absolute atomic E-state index is 6.88. The van der Waals surface area contributed by atoms with Crippen LogP contribution < -0.4 is 5.73 Å². The summed E-state index contributed by atoms with van der Waals surface area (Å²) in [7, 11) is 0. The Labute approximate surface area is 118 Å². The van der Waals surface area contributed by atoms with Crippen LogP contribution in [-0.2, 0) is 5.54 Å². The quantitative estimate of drug-likeness (QED) is 0.777. The molecule has 1 heteroatoms. The lowest BCUT2D eigenvalue weighted by Crippen LogP contribution is -2.50. The molecular weight excluding hydrogens is 230 g/mol. The van der Waals surface area contributed by atoms with Gasteiger partial charge in [0, 0.05) is 5.54 Å². The van der Waals surface area contributed by atoms with Gasteiger partial charge in [-0.3, -0.25) is 0 Å². The zero-order valence-electron chi connectivity index (χ0n) is 13.4.